The Hall–Kier alpha value is -1.30. The fourth-order valence-electron chi connectivity index (χ4n) is 3.46. The van der Waals surface area contributed by atoms with Gasteiger partial charge in [0.1, 0.15) is 0 Å². The molecule has 0 radical (unpaired) electrons. The number of carbonyl (C=O) groups is 2. The summed E-state index contributed by atoms with van der Waals surface area (Å²) in [4.78, 5) is 30.1. The van der Waals surface area contributed by atoms with Crippen molar-refractivity contribution in [3.63, 3.8) is 0 Å². The van der Waals surface area contributed by atoms with E-state index in [1.54, 1.807) is 19.0 Å². The van der Waals surface area contributed by atoms with Crippen LogP contribution in [0.3, 0.4) is 0 Å². The number of hydrogen-bond acceptors (Lipinski definition) is 3. The van der Waals surface area contributed by atoms with Crippen LogP contribution < -0.4 is 5.32 Å². The molecule has 0 aliphatic carbocycles. The SMILES string of the molecule is CN(C)C(=O)N1CCC(C(=O)NCCN2CCCCCC2)CC1. The number of nitrogens with one attached hydrogen (secondary N) is 1. The molecule has 0 saturated carbocycles. The van der Waals surface area contributed by atoms with Crippen LogP contribution in [0.25, 0.3) is 0 Å². The lowest BCUT2D eigenvalue weighted by Crippen LogP contribution is -2.47. The van der Waals surface area contributed by atoms with Crippen molar-refractivity contribution in [2.45, 2.75) is 38.5 Å². The van der Waals surface area contributed by atoms with E-state index in [-0.39, 0.29) is 17.9 Å². The molecule has 0 bridgehead atoms. The second-order valence-corrected chi connectivity index (χ2v) is 6.99. The van der Waals surface area contributed by atoms with E-state index < -0.39 is 0 Å². The Balaban J connectivity index is 1.64. The van der Waals surface area contributed by atoms with Gasteiger partial charge in [0.25, 0.3) is 0 Å². The summed E-state index contributed by atoms with van der Waals surface area (Å²) < 4.78 is 0. The fourth-order valence-corrected chi connectivity index (χ4v) is 3.46. The molecule has 0 spiro atoms. The molecule has 2 rings (SSSR count). The topological polar surface area (TPSA) is 55.9 Å². The summed E-state index contributed by atoms with van der Waals surface area (Å²) in [6, 6.07) is 0.0463. The Morgan fingerprint density at radius 1 is 1.00 bits per heavy atom. The highest BCUT2D eigenvalue weighted by molar-refractivity contribution is 5.79. The normalized spacial score (nSPS) is 20.9. The maximum Gasteiger partial charge on any atom is 0.319 e. The van der Waals surface area contributed by atoms with Crippen LogP contribution in [-0.4, -0.2) is 80.0 Å². The average molecular weight is 324 g/mol. The smallest absolute Gasteiger partial charge is 0.319 e. The van der Waals surface area contributed by atoms with E-state index in [4.69, 9.17) is 0 Å². The first-order valence-corrected chi connectivity index (χ1v) is 9.04. The van der Waals surface area contributed by atoms with Crippen molar-refractivity contribution in [1.29, 1.82) is 0 Å². The van der Waals surface area contributed by atoms with Gasteiger partial charge in [-0.05, 0) is 38.8 Å². The molecule has 2 fully saturated rings. The summed E-state index contributed by atoms with van der Waals surface area (Å²) in [6.07, 6.45) is 6.79. The van der Waals surface area contributed by atoms with Gasteiger partial charge in [0.2, 0.25) is 5.91 Å². The third-order valence-electron chi connectivity index (χ3n) is 4.94. The quantitative estimate of drug-likeness (QED) is 0.850. The molecule has 3 amide bonds. The number of amides is 3. The van der Waals surface area contributed by atoms with Gasteiger partial charge in [-0.25, -0.2) is 4.79 Å². The van der Waals surface area contributed by atoms with E-state index in [0.29, 0.717) is 13.1 Å². The number of hydrogen-bond donors (Lipinski definition) is 1. The number of carbonyl (C=O) groups excluding carboxylic acids is 2. The lowest BCUT2D eigenvalue weighted by Gasteiger charge is -2.33. The van der Waals surface area contributed by atoms with Gasteiger partial charge in [0.15, 0.2) is 0 Å². The van der Waals surface area contributed by atoms with E-state index in [1.807, 2.05) is 4.90 Å². The van der Waals surface area contributed by atoms with Gasteiger partial charge in [0, 0.05) is 46.2 Å². The minimum atomic E-state index is 0.0463. The highest BCUT2D eigenvalue weighted by Crippen LogP contribution is 2.18. The summed E-state index contributed by atoms with van der Waals surface area (Å²) in [5, 5.41) is 3.09. The monoisotopic (exact) mass is 324 g/mol. The second kappa shape index (κ2) is 9.11. The third-order valence-corrected chi connectivity index (χ3v) is 4.94. The molecular formula is C17H32N4O2. The van der Waals surface area contributed by atoms with E-state index in [0.717, 1.165) is 25.9 Å². The lowest BCUT2D eigenvalue weighted by molar-refractivity contribution is -0.126. The van der Waals surface area contributed by atoms with Gasteiger partial charge in [0.05, 0.1) is 0 Å². The van der Waals surface area contributed by atoms with Gasteiger partial charge >= 0.3 is 6.03 Å². The molecule has 132 valence electrons. The first-order valence-electron chi connectivity index (χ1n) is 9.04. The van der Waals surface area contributed by atoms with Gasteiger partial charge < -0.3 is 20.0 Å². The third kappa shape index (κ3) is 5.68. The van der Waals surface area contributed by atoms with E-state index in [9.17, 15) is 9.59 Å². The van der Waals surface area contributed by atoms with E-state index >= 15 is 0 Å². The highest BCUT2D eigenvalue weighted by Gasteiger charge is 2.27. The predicted octanol–water partition coefficient (Wildman–Crippen LogP) is 1.37. The molecule has 0 aromatic carbocycles. The summed E-state index contributed by atoms with van der Waals surface area (Å²) in [5.74, 6) is 0.224. The molecular weight excluding hydrogens is 292 g/mol. The molecule has 0 aromatic heterocycles. The number of nitrogens with zero attached hydrogens (tertiary/aromatic N) is 3. The zero-order valence-corrected chi connectivity index (χ0v) is 14.7. The van der Waals surface area contributed by atoms with Crippen molar-refractivity contribution in [3.05, 3.63) is 0 Å². The Labute approximate surface area is 140 Å². The number of likely N-dealkylation sites (tertiary alicyclic amines) is 2. The van der Waals surface area contributed by atoms with Crippen LogP contribution in [0, 0.1) is 5.92 Å². The Kier molecular flexibility index (Phi) is 7.15. The zero-order chi connectivity index (χ0) is 16.7. The van der Waals surface area contributed by atoms with Crippen LogP contribution >= 0.6 is 0 Å². The fraction of sp³-hybridized carbons (Fsp3) is 0.882. The summed E-state index contributed by atoms with van der Waals surface area (Å²) in [6.45, 7) is 5.41. The van der Waals surface area contributed by atoms with Crippen molar-refractivity contribution in [2.24, 2.45) is 5.92 Å². The number of urea groups is 1. The Morgan fingerprint density at radius 3 is 2.17 bits per heavy atom. The Morgan fingerprint density at radius 2 is 1.61 bits per heavy atom. The maximum atomic E-state index is 12.3. The summed E-state index contributed by atoms with van der Waals surface area (Å²) in [7, 11) is 3.54. The summed E-state index contributed by atoms with van der Waals surface area (Å²) in [5.41, 5.74) is 0. The molecule has 0 atom stereocenters. The molecule has 2 aliphatic rings. The molecule has 23 heavy (non-hydrogen) atoms. The van der Waals surface area contributed by atoms with Gasteiger partial charge in [-0.2, -0.15) is 0 Å². The van der Waals surface area contributed by atoms with Crippen LogP contribution in [0.15, 0.2) is 0 Å². The van der Waals surface area contributed by atoms with Crippen LogP contribution in [0.5, 0.6) is 0 Å². The first kappa shape index (κ1) is 18.0. The maximum absolute atomic E-state index is 12.3. The minimum Gasteiger partial charge on any atom is -0.355 e. The molecule has 2 saturated heterocycles. The molecule has 1 N–H and O–H groups in total. The van der Waals surface area contributed by atoms with Crippen molar-refractivity contribution in [1.82, 2.24) is 20.0 Å². The van der Waals surface area contributed by atoms with Gasteiger partial charge in [-0.3, -0.25) is 4.79 Å². The largest absolute Gasteiger partial charge is 0.355 e. The van der Waals surface area contributed by atoms with Crippen LogP contribution in [0.1, 0.15) is 38.5 Å². The summed E-state index contributed by atoms with van der Waals surface area (Å²) >= 11 is 0. The van der Waals surface area contributed by atoms with E-state index in [2.05, 4.69) is 10.2 Å². The first-order chi connectivity index (χ1) is 11.1. The van der Waals surface area contributed by atoms with E-state index in [1.165, 1.54) is 38.8 Å². The van der Waals surface area contributed by atoms with Gasteiger partial charge in [-0.15, -0.1) is 0 Å². The predicted molar refractivity (Wildman–Crippen MR) is 91.3 cm³/mol. The van der Waals surface area contributed by atoms with Crippen molar-refractivity contribution >= 4 is 11.9 Å². The minimum absolute atomic E-state index is 0.0463. The number of piperidine rings is 1. The second-order valence-electron chi connectivity index (χ2n) is 6.99. The average Bonchev–Trinajstić information content (AvgIpc) is 2.83. The van der Waals surface area contributed by atoms with Crippen LogP contribution in [-0.2, 0) is 4.79 Å². The molecule has 6 nitrogen and oxygen atoms in total. The Bertz CT molecular complexity index is 384. The number of rotatable bonds is 4. The van der Waals surface area contributed by atoms with Crippen molar-refractivity contribution in [2.75, 3.05) is 53.4 Å². The molecule has 2 heterocycles. The molecule has 6 heteroatoms. The van der Waals surface area contributed by atoms with Crippen LogP contribution in [0.2, 0.25) is 0 Å². The lowest BCUT2D eigenvalue weighted by atomic mass is 9.96. The highest BCUT2D eigenvalue weighted by atomic mass is 16.2. The molecule has 0 aromatic rings. The zero-order valence-electron chi connectivity index (χ0n) is 14.7. The standard InChI is InChI=1S/C17H32N4O2/c1-19(2)17(23)21-12-7-15(8-13-21)16(22)18-9-14-20-10-5-3-4-6-11-20/h15H,3-14H2,1-2H3,(H,18,22). The molecule has 2 aliphatic heterocycles. The van der Waals surface area contributed by atoms with Crippen LogP contribution in [0.4, 0.5) is 4.79 Å². The van der Waals surface area contributed by atoms with Crippen molar-refractivity contribution in [3.8, 4) is 0 Å². The van der Waals surface area contributed by atoms with Crippen molar-refractivity contribution < 1.29 is 9.59 Å². The molecule has 0 unspecified atom stereocenters. The van der Waals surface area contributed by atoms with Gasteiger partial charge in [-0.1, -0.05) is 12.8 Å².